The van der Waals surface area contributed by atoms with Crippen LogP contribution in [0.5, 0.6) is 5.75 Å². The molecule has 2 rings (SSSR count). The minimum Gasteiger partial charge on any atom is -0.486 e. The van der Waals surface area contributed by atoms with Gasteiger partial charge in [-0.25, -0.2) is 4.39 Å². The van der Waals surface area contributed by atoms with Gasteiger partial charge in [-0.05, 0) is 36.6 Å². The molecule has 0 saturated heterocycles. The molecular weight excluding hydrogens is 197 g/mol. The minimum absolute atomic E-state index is 0.295. The average Bonchev–Trinajstić information content (AvgIpc) is 2.27. The van der Waals surface area contributed by atoms with Crippen LogP contribution in [0.2, 0.25) is 0 Å². The maximum Gasteiger partial charge on any atom is 0.177 e. The molecule has 0 unspecified atom stereocenters. The zero-order valence-electron chi connectivity index (χ0n) is 7.98. The van der Waals surface area contributed by atoms with Crippen molar-refractivity contribution in [3.63, 3.8) is 0 Å². The van der Waals surface area contributed by atoms with Gasteiger partial charge in [-0.2, -0.15) is 5.26 Å². The van der Waals surface area contributed by atoms with Crippen LogP contribution in [0.3, 0.4) is 0 Å². The summed E-state index contributed by atoms with van der Waals surface area (Å²) >= 11 is 0. The zero-order chi connectivity index (χ0) is 10.8. The number of rotatable bonds is 1. The van der Waals surface area contributed by atoms with Gasteiger partial charge in [-0.3, -0.25) is 0 Å². The Kier molecular flexibility index (Phi) is 2.57. The fourth-order valence-corrected chi connectivity index (χ4v) is 1.68. The Morgan fingerprint density at radius 1 is 1.60 bits per heavy atom. The van der Waals surface area contributed by atoms with Gasteiger partial charge in [-0.1, -0.05) is 0 Å². The van der Waals surface area contributed by atoms with Crippen molar-refractivity contribution in [2.24, 2.45) is 0 Å². The highest BCUT2D eigenvalue weighted by Gasteiger charge is 2.26. The lowest BCUT2D eigenvalue weighted by Gasteiger charge is -2.26. The van der Waals surface area contributed by atoms with Crippen LogP contribution in [0.4, 0.5) is 4.39 Å². The highest BCUT2D eigenvalue weighted by Crippen LogP contribution is 2.29. The molecule has 15 heavy (non-hydrogen) atoms. The molecule has 1 aromatic rings. The molecule has 1 aliphatic rings. The molecule has 1 aromatic carbocycles. The highest BCUT2D eigenvalue weighted by atomic mass is 19.1. The van der Waals surface area contributed by atoms with Gasteiger partial charge < -0.3 is 9.84 Å². The van der Waals surface area contributed by atoms with E-state index in [4.69, 9.17) is 10.00 Å². The number of aliphatic hydroxyl groups is 1. The van der Waals surface area contributed by atoms with Crippen molar-refractivity contribution in [2.75, 3.05) is 0 Å². The Morgan fingerprint density at radius 3 is 3.13 bits per heavy atom. The lowest BCUT2D eigenvalue weighted by molar-refractivity contribution is 0.0570. The van der Waals surface area contributed by atoms with Crippen LogP contribution < -0.4 is 4.74 Å². The first-order valence-electron chi connectivity index (χ1n) is 4.73. The van der Waals surface area contributed by atoms with Crippen molar-refractivity contribution in [3.05, 3.63) is 29.6 Å². The number of nitriles is 1. The summed E-state index contributed by atoms with van der Waals surface area (Å²) in [6.07, 6.45) is -0.474. The van der Waals surface area contributed by atoms with Gasteiger partial charge in [0.2, 0.25) is 0 Å². The van der Waals surface area contributed by atoms with Gasteiger partial charge in [0.1, 0.15) is 17.7 Å². The van der Waals surface area contributed by atoms with Gasteiger partial charge in [0.05, 0.1) is 6.07 Å². The van der Waals surface area contributed by atoms with E-state index in [0.717, 1.165) is 5.56 Å². The third kappa shape index (κ3) is 1.92. The van der Waals surface area contributed by atoms with E-state index >= 15 is 0 Å². The maximum atomic E-state index is 12.9. The summed E-state index contributed by atoms with van der Waals surface area (Å²) in [6, 6.07) is 5.99. The predicted octanol–water partition coefficient (Wildman–Crippen LogP) is 1.40. The number of nitrogens with zero attached hydrogens (tertiary/aromatic N) is 1. The molecule has 0 aromatic heterocycles. The number of fused-ring (bicyclic) bond motifs is 1. The van der Waals surface area contributed by atoms with Gasteiger partial charge in [0.15, 0.2) is 6.10 Å². The van der Waals surface area contributed by atoms with Crippen molar-refractivity contribution in [2.45, 2.75) is 25.0 Å². The number of benzene rings is 1. The molecule has 0 amide bonds. The Balaban J connectivity index is 2.21. The molecule has 3 nitrogen and oxygen atoms in total. The van der Waals surface area contributed by atoms with Crippen LogP contribution in [0.25, 0.3) is 0 Å². The van der Waals surface area contributed by atoms with E-state index in [2.05, 4.69) is 0 Å². The summed E-state index contributed by atoms with van der Waals surface area (Å²) in [5.41, 5.74) is 0.788. The van der Waals surface area contributed by atoms with Crippen molar-refractivity contribution in [1.29, 1.82) is 5.26 Å². The van der Waals surface area contributed by atoms with Gasteiger partial charge >= 0.3 is 0 Å². The second kappa shape index (κ2) is 3.87. The third-order valence-electron chi connectivity index (χ3n) is 2.48. The van der Waals surface area contributed by atoms with Gasteiger partial charge in [-0.15, -0.1) is 0 Å². The summed E-state index contributed by atoms with van der Waals surface area (Å²) in [6.45, 7) is 0. The molecular formula is C11H10FNO2. The molecule has 0 fully saturated rings. The minimum atomic E-state index is -1.12. The van der Waals surface area contributed by atoms with Crippen molar-refractivity contribution < 1.29 is 14.2 Å². The van der Waals surface area contributed by atoms with E-state index in [1.165, 1.54) is 18.2 Å². The summed E-state index contributed by atoms with van der Waals surface area (Å²) in [5, 5.41) is 17.8. The summed E-state index contributed by atoms with van der Waals surface area (Å²) in [4.78, 5) is 0. The SMILES string of the molecule is N#C[C@@H](O)[C@@H]1CCc2cc(F)ccc2O1. The molecule has 0 aliphatic carbocycles. The zero-order valence-corrected chi connectivity index (χ0v) is 7.98. The Hall–Kier alpha value is -1.60. The molecule has 4 heteroatoms. The molecule has 78 valence electrons. The smallest absolute Gasteiger partial charge is 0.177 e. The van der Waals surface area contributed by atoms with Crippen molar-refractivity contribution in [1.82, 2.24) is 0 Å². The monoisotopic (exact) mass is 207 g/mol. The van der Waals surface area contributed by atoms with Crippen LogP contribution in [0.1, 0.15) is 12.0 Å². The fraction of sp³-hybridized carbons (Fsp3) is 0.364. The van der Waals surface area contributed by atoms with Gasteiger partial charge in [0.25, 0.3) is 0 Å². The molecule has 1 aliphatic heterocycles. The van der Waals surface area contributed by atoms with Crippen LogP contribution in [0, 0.1) is 17.1 Å². The normalized spacial score (nSPS) is 21.0. The quantitative estimate of drug-likeness (QED) is 0.708. The number of ether oxygens (including phenoxy) is 1. The molecule has 2 atom stereocenters. The highest BCUT2D eigenvalue weighted by molar-refractivity contribution is 5.36. The molecule has 0 spiro atoms. The second-order valence-corrected chi connectivity index (χ2v) is 3.52. The number of aryl methyl sites for hydroxylation is 1. The average molecular weight is 207 g/mol. The van der Waals surface area contributed by atoms with Crippen LogP contribution in [-0.2, 0) is 6.42 Å². The van der Waals surface area contributed by atoms with Crippen LogP contribution >= 0.6 is 0 Å². The molecule has 0 radical (unpaired) electrons. The Bertz CT molecular complexity index is 414. The first-order chi connectivity index (χ1) is 7.20. The number of hydrogen-bond donors (Lipinski definition) is 1. The number of aliphatic hydroxyl groups excluding tert-OH is 1. The molecule has 1 heterocycles. The molecule has 1 N–H and O–H groups in total. The van der Waals surface area contributed by atoms with Crippen molar-refractivity contribution >= 4 is 0 Å². The topological polar surface area (TPSA) is 53.2 Å². The van der Waals surface area contributed by atoms with Crippen molar-refractivity contribution in [3.8, 4) is 11.8 Å². The lowest BCUT2D eigenvalue weighted by Crippen LogP contribution is -2.33. The Morgan fingerprint density at radius 2 is 2.40 bits per heavy atom. The van der Waals surface area contributed by atoms with Gasteiger partial charge in [0, 0.05) is 0 Å². The summed E-state index contributed by atoms with van der Waals surface area (Å²) in [7, 11) is 0. The summed E-state index contributed by atoms with van der Waals surface area (Å²) < 4.78 is 18.3. The summed E-state index contributed by atoms with van der Waals surface area (Å²) in [5.74, 6) is 0.263. The predicted molar refractivity (Wildman–Crippen MR) is 50.8 cm³/mol. The van der Waals surface area contributed by atoms with E-state index in [1.54, 1.807) is 6.07 Å². The van der Waals surface area contributed by atoms with Crippen LogP contribution in [0.15, 0.2) is 18.2 Å². The maximum absolute atomic E-state index is 12.9. The Labute approximate surface area is 86.7 Å². The third-order valence-corrected chi connectivity index (χ3v) is 2.48. The standard InChI is InChI=1S/C11H10FNO2/c12-8-2-4-10-7(5-8)1-3-11(15-10)9(14)6-13/h2,4-5,9,11,14H,1,3H2/t9-,11+/m1/s1. The molecule has 0 bridgehead atoms. The van der Waals surface area contributed by atoms with E-state index < -0.39 is 12.2 Å². The number of halogens is 1. The number of hydrogen-bond acceptors (Lipinski definition) is 3. The first kappa shape index (κ1) is 9.94. The fourth-order valence-electron chi connectivity index (χ4n) is 1.68. The lowest BCUT2D eigenvalue weighted by atomic mass is 9.99. The largest absolute Gasteiger partial charge is 0.486 e. The first-order valence-corrected chi connectivity index (χ1v) is 4.73. The van der Waals surface area contributed by atoms with E-state index in [1.807, 2.05) is 0 Å². The van der Waals surface area contributed by atoms with E-state index in [-0.39, 0.29) is 5.82 Å². The van der Waals surface area contributed by atoms with Crippen LogP contribution in [-0.4, -0.2) is 17.3 Å². The molecule has 0 saturated carbocycles. The van der Waals surface area contributed by atoms with E-state index in [9.17, 15) is 9.50 Å². The van der Waals surface area contributed by atoms with E-state index in [0.29, 0.717) is 18.6 Å². The second-order valence-electron chi connectivity index (χ2n) is 3.52.